The van der Waals surface area contributed by atoms with Gasteiger partial charge >= 0.3 is 6.09 Å². The normalized spacial score (nSPS) is 23.4. The van der Waals surface area contributed by atoms with E-state index in [4.69, 9.17) is 9.47 Å². The van der Waals surface area contributed by atoms with Crippen molar-refractivity contribution in [3.8, 4) is 0 Å². The van der Waals surface area contributed by atoms with Gasteiger partial charge in [-0.15, -0.1) is 0 Å². The molecule has 2 heterocycles. The highest BCUT2D eigenvalue weighted by Crippen LogP contribution is 2.29. The maximum absolute atomic E-state index is 12.8. The highest BCUT2D eigenvalue weighted by molar-refractivity contribution is 5.69. The van der Waals surface area contributed by atoms with Gasteiger partial charge in [0.2, 0.25) is 0 Å². The van der Waals surface area contributed by atoms with Crippen LogP contribution in [-0.2, 0) is 9.47 Å². The molecule has 1 aliphatic heterocycles. The average Bonchev–Trinajstić information content (AvgIpc) is 2.52. The van der Waals surface area contributed by atoms with Crippen LogP contribution in [0.15, 0.2) is 24.5 Å². The van der Waals surface area contributed by atoms with Crippen LogP contribution in [0.1, 0.15) is 39.3 Å². The molecule has 0 spiro atoms. The van der Waals surface area contributed by atoms with Gasteiger partial charge in [-0.05, 0) is 39.3 Å². The molecule has 0 bridgehead atoms. The minimum atomic E-state index is -0.539. The molecule has 1 aromatic rings. The summed E-state index contributed by atoms with van der Waals surface area (Å²) in [5, 5.41) is 3.39. The first-order valence-corrected chi connectivity index (χ1v) is 7.98. The average molecular weight is 321 g/mol. The minimum Gasteiger partial charge on any atom is -0.444 e. The molecule has 1 amide bonds. The fourth-order valence-electron chi connectivity index (χ4n) is 2.77. The van der Waals surface area contributed by atoms with Crippen LogP contribution in [0.2, 0.25) is 0 Å². The molecule has 23 heavy (non-hydrogen) atoms. The lowest BCUT2D eigenvalue weighted by Crippen LogP contribution is -2.60. The van der Waals surface area contributed by atoms with Crippen LogP contribution in [0, 0.1) is 0 Å². The Morgan fingerprint density at radius 2 is 2.17 bits per heavy atom. The van der Waals surface area contributed by atoms with E-state index in [9.17, 15) is 4.79 Å². The second-order valence-corrected chi connectivity index (χ2v) is 6.86. The van der Waals surface area contributed by atoms with Gasteiger partial charge in [-0.3, -0.25) is 9.88 Å². The van der Waals surface area contributed by atoms with E-state index in [-0.39, 0.29) is 24.3 Å². The Morgan fingerprint density at radius 1 is 1.43 bits per heavy atom. The second-order valence-electron chi connectivity index (χ2n) is 6.86. The standard InChI is InChI=1S/C17H27N3O3/c1-12(22-5)14-10-19-11-15(13-7-6-8-18-9-13)20(14)16(21)23-17(2,3)4/h6-9,12,14-15,19H,10-11H2,1-5H3/t12-,14?,15?/m0/s1. The molecule has 2 rings (SSSR count). The van der Waals surface area contributed by atoms with Crippen molar-refractivity contribution < 1.29 is 14.3 Å². The maximum Gasteiger partial charge on any atom is 0.411 e. The molecular weight excluding hydrogens is 294 g/mol. The number of carbonyl (C=O) groups is 1. The quantitative estimate of drug-likeness (QED) is 0.926. The van der Waals surface area contributed by atoms with E-state index in [1.54, 1.807) is 24.4 Å². The van der Waals surface area contributed by atoms with Crippen molar-refractivity contribution >= 4 is 6.09 Å². The third kappa shape index (κ3) is 4.42. The fraction of sp³-hybridized carbons (Fsp3) is 0.647. The third-order valence-corrected chi connectivity index (χ3v) is 3.97. The molecule has 6 heteroatoms. The highest BCUT2D eigenvalue weighted by atomic mass is 16.6. The lowest BCUT2D eigenvalue weighted by atomic mass is 9.99. The monoisotopic (exact) mass is 321 g/mol. The lowest BCUT2D eigenvalue weighted by Gasteiger charge is -2.44. The zero-order valence-corrected chi connectivity index (χ0v) is 14.6. The van der Waals surface area contributed by atoms with Gasteiger partial charge in [0.05, 0.1) is 18.2 Å². The van der Waals surface area contributed by atoms with Crippen LogP contribution in [0.5, 0.6) is 0 Å². The molecule has 128 valence electrons. The van der Waals surface area contributed by atoms with Crippen LogP contribution in [0.3, 0.4) is 0 Å². The molecule has 1 aliphatic rings. The summed E-state index contributed by atoms with van der Waals surface area (Å²) in [6.45, 7) is 8.93. The molecule has 0 radical (unpaired) electrons. The lowest BCUT2D eigenvalue weighted by molar-refractivity contribution is -0.0358. The van der Waals surface area contributed by atoms with Gasteiger partial charge in [0.1, 0.15) is 5.60 Å². The number of aromatic nitrogens is 1. The molecule has 0 aromatic carbocycles. The summed E-state index contributed by atoms with van der Waals surface area (Å²) in [7, 11) is 1.66. The van der Waals surface area contributed by atoms with Gasteiger partial charge in [-0.1, -0.05) is 6.07 Å². The van der Waals surface area contributed by atoms with Crippen molar-refractivity contribution in [3.05, 3.63) is 30.1 Å². The number of piperazine rings is 1. The van der Waals surface area contributed by atoms with E-state index < -0.39 is 5.60 Å². The number of nitrogens with one attached hydrogen (secondary N) is 1. The number of hydrogen-bond donors (Lipinski definition) is 1. The topological polar surface area (TPSA) is 63.7 Å². The summed E-state index contributed by atoms with van der Waals surface area (Å²) in [4.78, 5) is 18.8. The molecule has 0 aliphatic carbocycles. The van der Waals surface area contributed by atoms with E-state index in [0.29, 0.717) is 13.1 Å². The Balaban J connectivity index is 2.33. The van der Waals surface area contributed by atoms with E-state index in [1.807, 2.05) is 39.8 Å². The van der Waals surface area contributed by atoms with Crippen LogP contribution in [0.25, 0.3) is 0 Å². The van der Waals surface area contributed by atoms with Crippen molar-refractivity contribution in [1.29, 1.82) is 0 Å². The van der Waals surface area contributed by atoms with Crippen LogP contribution in [0.4, 0.5) is 4.79 Å². The van der Waals surface area contributed by atoms with Crippen molar-refractivity contribution in [2.75, 3.05) is 20.2 Å². The van der Waals surface area contributed by atoms with Crippen molar-refractivity contribution in [1.82, 2.24) is 15.2 Å². The first-order chi connectivity index (χ1) is 10.8. The Kier molecular flexibility index (Phi) is 5.59. The van der Waals surface area contributed by atoms with Crippen LogP contribution in [-0.4, -0.2) is 53.9 Å². The molecule has 0 saturated carbocycles. The fourth-order valence-corrected chi connectivity index (χ4v) is 2.77. The first kappa shape index (κ1) is 17.7. The largest absolute Gasteiger partial charge is 0.444 e. The molecular formula is C17H27N3O3. The van der Waals surface area contributed by atoms with Crippen molar-refractivity contribution in [2.45, 2.75) is 51.5 Å². The highest BCUT2D eigenvalue weighted by Gasteiger charge is 2.40. The van der Waals surface area contributed by atoms with Crippen molar-refractivity contribution in [2.24, 2.45) is 0 Å². The zero-order valence-electron chi connectivity index (χ0n) is 14.6. The summed E-state index contributed by atoms with van der Waals surface area (Å²) in [5.41, 5.74) is 0.446. The summed E-state index contributed by atoms with van der Waals surface area (Å²) < 4.78 is 11.1. The smallest absolute Gasteiger partial charge is 0.411 e. The second kappa shape index (κ2) is 7.27. The van der Waals surface area contributed by atoms with Gasteiger partial charge in [-0.2, -0.15) is 0 Å². The summed E-state index contributed by atoms with van der Waals surface area (Å²) in [5.74, 6) is 0. The molecule has 1 N–H and O–H groups in total. The number of ether oxygens (including phenoxy) is 2. The van der Waals surface area contributed by atoms with E-state index in [2.05, 4.69) is 10.3 Å². The van der Waals surface area contributed by atoms with Gasteiger partial charge in [0.15, 0.2) is 0 Å². The number of methoxy groups -OCH3 is 1. The predicted molar refractivity (Wildman–Crippen MR) is 88.2 cm³/mol. The predicted octanol–water partition coefficient (Wildman–Crippen LogP) is 2.37. The number of nitrogens with zero attached hydrogens (tertiary/aromatic N) is 2. The Labute approximate surface area is 138 Å². The van der Waals surface area contributed by atoms with Gasteiger partial charge < -0.3 is 14.8 Å². The molecule has 6 nitrogen and oxygen atoms in total. The van der Waals surface area contributed by atoms with Crippen molar-refractivity contribution in [3.63, 3.8) is 0 Å². The Morgan fingerprint density at radius 3 is 2.74 bits per heavy atom. The van der Waals surface area contributed by atoms with E-state index in [1.165, 1.54) is 0 Å². The summed E-state index contributed by atoms with van der Waals surface area (Å²) in [6.07, 6.45) is 3.10. The molecule has 2 unspecified atom stereocenters. The number of hydrogen-bond acceptors (Lipinski definition) is 5. The minimum absolute atomic E-state index is 0.102. The Hall–Kier alpha value is -1.66. The van der Waals surface area contributed by atoms with Gasteiger partial charge in [0.25, 0.3) is 0 Å². The summed E-state index contributed by atoms with van der Waals surface area (Å²) in [6, 6.07) is 3.63. The summed E-state index contributed by atoms with van der Waals surface area (Å²) >= 11 is 0. The first-order valence-electron chi connectivity index (χ1n) is 7.98. The van der Waals surface area contributed by atoms with E-state index in [0.717, 1.165) is 5.56 Å². The SMILES string of the molecule is CO[C@@H](C)C1CNCC(c2cccnc2)N1C(=O)OC(C)(C)C. The number of amides is 1. The molecule has 1 aromatic heterocycles. The van der Waals surface area contributed by atoms with Crippen LogP contribution < -0.4 is 5.32 Å². The molecule has 1 saturated heterocycles. The number of pyridine rings is 1. The molecule has 1 fully saturated rings. The number of rotatable bonds is 3. The van der Waals surface area contributed by atoms with Crippen LogP contribution >= 0.6 is 0 Å². The Bertz CT molecular complexity index is 516. The zero-order chi connectivity index (χ0) is 17.0. The van der Waals surface area contributed by atoms with Gasteiger partial charge in [0, 0.05) is 32.6 Å². The van der Waals surface area contributed by atoms with Gasteiger partial charge in [-0.25, -0.2) is 4.79 Å². The maximum atomic E-state index is 12.8. The third-order valence-electron chi connectivity index (χ3n) is 3.97. The molecule has 3 atom stereocenters. The number of carbonyl (C=O) groups excluding carboxylic acids is 1. The van der Waals surface area contributed by atoms with E-state index >= 15 is 0 Å².